The van der Waals surface area contributed by atoms with E-state index in [1.165, 1.54) is 0 Å². The van der Waals surface area contributed by atoms with Gasteiger partial charge in [-0.2, -0.15) is 10.5 Å². The average Bonchev–Trinajstić information content (AvgIpc) is 3.00. The minimum Gasteiger partial charge on any atom is -0.238 e. The maximum Gasteiger partial charge on any atom is 0.200 e. The molecule has 0 fully saturated rings. The second-order valence-corrected chi connectivity index (χ2v) is 8.56. The molecule has 0 N–H and O–H groups in total. The van der Waals surface area contributed by atoms with E-state index < -0.39 is 69.3 Å². The maximum atomic E-state index is 13.7. The first-order valence-electron chi connectivity index (χ1n) is 10.7. The van der Waals surface area contributed by atoms with Gasteiger partial charge in [0.25, 0.3) is 0 Å². The van der Waals surface area contributed by atoms with Crippen LogP contribution in [0.1, 0.15) is 11.1 Å². The molecule has 0 aliphatic carbocycles. The quantitative estimate of drug-likeness (QED) is 0.0667. The molecule has 0 spiro atoms. The lowest BCUT2D eigenvalue weighted by atomic mass is 10.0. The molecule has 0 unspecified atom stereocenters. The van der Waals surface area contributed by atoms with E-state index in [0.29, 0.717) is 11.3 Å². The number of rotatable bonds is 1. The zero-order valence-corrected chi connectivity index (χ0v) is 22.1. The summed E-state index contributed by atoms with van der Waals surface area (Å²) in [6, 6.07) is 11.5. The van der Waals surface area contributed by atoms with Gasteiger partial charge in [0.2, 0.25) is 11.6 Å². The van der Waals surface area contributed by atoms with Gasteiger partial charge in [-0.3, -0.25) is 0 Å². The standard InChI is InChI=1S/C14H3F5N2.C8H3BrN2.C6HF5.BH4/c1-21-8-3-6(5-20)2-7(4-8)9-10(15)12(17)14(19)13(18)11(9)16;1-11-8-3-6(5-10)2-7(9)4-8;7-2-1-3(8)5(10)6(11)4(2)9;/h2-4H;2-4H;1H;1H4/q;;;-1. The molecule has 0 bridgehead atoms. The molecule has 0 amide bonds. The second kappa shape index (κ2) is 15.8. The van der Waals surface area contributed by atoms with E-state index in [1.807, 2.05) is 6.07 Å². The minimum atomic E-state index is -2.27. The molecule has 0 aromatic heterocycles. The van der Waals surface area contributed by atoms with E-state index in [9.17, 15) is 43.9 Å². The molecule has 0 saturated carbocycles. The van der Waals surface area contributed by atoms with Crippen LogP contribution in [0.5, 0.6) is 0 Å². The average molecular weight is 684 g/mol. The predicted molar refractivity (Wildman–Crippen MR) is 145 cm³/mol. The summed E-state index contributed by atoms with van der Waals surface area (Å²) in [5.74, 6) is -20.1. The smallest absolute Gasteiger partial charge is 0.200 e. The van der Waals surface area contributed by atoms with Crippen molar-refractivity contribution in [2.75, 3.05) is 0 Å². The summed E-state index contributed by atoms with van der Waals surface area (Å²) in [5.41, 5.74) is -0.919. The largest absolute Gasteiger partial charge is 0.238 e. The number of nitrogens with zero attached hydrogens (tertiary/aromatic N) is 4. The summed E-state index contributed by atoms with van der Waals surface area (Å²) < 4.78 is 127. The van der Waals surface area contributed by atoms with Gasteiger partial charge in [-0.05, 0) is 42.0 Å². The predicted octanol–water partition coefficient (Wildman–Crippen LogP) is 8.27. The molecular weight excluding hydrogens is 673 g/mol. The zero-order valence-electron chi connectivity index (χ0n) is 20.5. The van der Waals surface area contributed by atoms with Gasteiger partial charge in [0, 0.05) is 21.7 Å². The molecule has 224 valence electrons. The van der Waals surface area contributed by atoms with E-state index >= 15 is 0 Å². The topological polar surface area (TPSA) is 56.3 Å². The summed E-state index contributed by atoms with van der Waals surface area (Å²) in [6.45, 7) is 13.5. The molecule has 44 heavy (non-hydrogen) atoms. The lowest BCUT2D eigenvalue weighted by Crippen LogP contribution is -2.04. The minimum absolute atomic E-state index is 0. The highest BCUT2D eigenvalue weighted by Crippen LogP contribution is 2.34. The summed E-state index contributed by atoms with van der Waals surface area (Å²) in [4.78, 5) is 6.19. The first kappa shape index (κ1) is 36.7. The van der Waals surface area contributed by atoms with Crippen molar-refractivity contribution in [3.05, 3.63) is 139 Å². The van der Waals surface area contributed by atoms with Crippen molar-refractivity contribution in [1.29, 1.82) is 10.5 Å². The highest BCUT2D eigenvalue weighted by molar-refractivity contribution is 9.10. The van der Waals surface area contributed by atoms with E-state index in [2.05, 4.69) is 25.6 Å². The van der Waals surface area contributed by atoms with Crippen LogP contribution in [0.15, 0.2) is 46.9 Å². The van der Waals surface area contributed by atoms with Crippen molar-refractivity contribution in [3.63, 3.8) is 0 Å². The lowest BCUT2D eigenvalue weighted by molar-refractivity contribution is 0.378. The van der Waals surface area contributed by atoms with Crippen LogP contribution in [0.2, 0.25) is 0 Å². The summed E-state index contributed by atoms with van der Waals surface area (Å²) in [6.07, 6.45) is 0. The molecule has 4 aromatic rings. The SMILES string of the molecule is Fc1cc(F)c(F)c(F)c1F.[BH4-].[C-]#[N+]c1cc(Br)cc(C#N)c1.[C-]#[N+]c1cc(C#N)cc(-c2c(F)c(F)c(F)c(F)c2F)c1. The third-order valence-electron chi connectivity index (χ3n) is 4.87. The van der Waals surface area contributed by atoms with Crippen molar-refractivity contribution in [3.8, 4) is 23.3 Å². The third-order valence-corrected chi connectivity index (χ3v) is 5.33. The number of hydrogen-bond acceptors (Lipinski definition) is 2. The van der Waals surface area contributed by atoms with Crippen molar-refractivity contribution < 1.29 is 43.9 Å². The van der Waals surface area contributed by atoms with Crippen LogP contribution in [0, 0.1) is 94.0 Å². The molecule has 0 aliphatic rings. The zero-order chi connectivity index (χ0) is 32.6. The van der Waals surface area contributed by atoms with Crippen LogP contribution in [-0.2, 0) is 0 Å². The molecule has 0 aliphatic heterocycles. The van der Waals surface area contributed by atoms with Crippen LogP contribution < -0.4 is 0 Å². The van der Waals surface area contributed by atoms with Crippen molar-refractivity contribution in [2.24, 2.45) is 0 Å². The van der Waals surface area contributed by atoms with Gasteiger partial charge in [0.15, 0.2) is 57.9 Å². The Morgan fingerprint density at radius 1 is 0.523 bits per heavy atom. The molecule has 0 saturated heterocycles. The van der Waals surface area contributed by atoms with Crippen molar-refractivity contribution >= 4 is 35.7 Å². The first-order chi connectivity index (χ1) is 20.2. The molecule has 4 nitrogen and oxygen atoms in total. The van der Waals surface area contributed by atoms with Gasteiger partial charge in [0.05, 0.1) is 30.8 Å². The Morgan fingerprint density at radius 2 is 0.909 bits per heavy atom. The number of hydrogen-bond donors (Lipinski definition) is 0. The fourth-order valence-corrected chi connectivity index (χ4v) is 3.47. The van der Waals surface area contributed by atoms with E-state index in [0.717, 1.165) is 22.7 Å². The van der Waals surface area contributed by atoms with Gasteiger partial charge in [0.1, 0.15) is 0 Å². The Balaban J connectivity index is 0.000000357. The van der Waals surface area contributed by atoms with Crippen LogP contribution >= 0.6 is 15.9 Å². The summed E-state index contributed by atoms with van der Waals surface area (Å²) in [7, 11) is 0. The van der Waals surface area contributed by atoms with Crippen LogP contribution in [-0.4, -0.2) is 8.41 Å². The Bertz CT molecular complexity index is 1790. The molecule has 0 heterocycles. The Hall–Kier alpha value is -5.32. The number of halogens is 11. The molecule has 0 atom stereocenters. The van der Waals surface area contributed by atoms with Gasteiger partial charge in [-0.1, -0.05) is 24.3 Å². The molecule has 0 radical (unpaired) electrons. The van der Waals surface area contributed by atoms with Crippen molar-refractivity contribution in [1.82, 2.24) is 0 Å². The van der Waals surface area contributed by atoms with Gasteiger partial charge < -0.3 is 0 Å². The van der Waals surface area contributed by atoms with Crippen LogP contribution in [0.3, 0.4) is 0 Å². The monoisotopic (exact) mass is 683 g/mol. The fraction of sp³-hybridized carbons (Fsp3) is 0. The number of nitriles is 2. The highest BCUT2D eigenvalue weighted by atomic mass is 79.9. The van der Waals surface area contributed by atoms with Gasteiger partial charge in [-0.15, -0.1) is 0 Å². The molecular formula is C28H11BBrF10N4-. The molecule has 4 rings (SSSR count). The van der Waals surface area contributed by atoms with E-state index in [4.69, 9.17) is 23.7 Å². The molecule has 4 aromatic carbocycles. The Morgan fingerprint density at radius 3 is 1.34 bits per heavy atom. The summed E-state index contributed by atoms with van der Waals surface area (Å²) >= 11 is 3.20. The van der Waals surface area contributed by atoms with E-state index in [1.54, 1.807) is 24.3 Å². The first-order valence-corrected chi connectivity index (χ1v) is 11.5. The number of benzene rings is 4. The Kier molecular flexibility index (Phi) is 13.2. The molecule has 16 heteroatoms. The van der Waals surface area contributed by atoms with E-state index in [-0.39, 0.29) is 25.7 Å². The third kappa shape index (κ3) is 8.38. The van der Waals surface area contributed by atoms with Gasteiger partial charge >= 0.3 is 0 Å². The maximum absolute atomic E-state index is 13.7. The second-order valence-electron chi connectivity index (χ2n) is 7.64. The normalized spacial score (nSPS) is 9.43. The van der Waals surface area contributed by atoms with Crippen LogP contribution in [0.4, 0.5) is 55.3 Å². The summed E-state index contributed by atoms with van der Waals surface area (Å²) in [5, 5.41) is 17.3. The van der Waals surface area contributed by atoms with Crippen molar-refractivity contribution in [2.45, 2.75) is 0 Å². The van der Waals surface area contributed by atoms with Crippen LogP contribution in [0.25, 0.3) is 20.8 Å². The fourth-order valence-electron chi connectivity index (χ4n) is 2.99. The lowest BCUT2D eigenvalue weighted by Gasteiger charge is -2.09. The Labute approximate surface area is 252 Å². The van der Waals surface area contributed by atoms with Gasteiger partial charge in [-0.25, -0.2) is 53.6 Å². The highest BCUT2D eigenvalue weighted by Gasteiger charge is 2.27.